The number of benzene rings is 1. The molecule has 2 rings (SSSR count). The van der Waals surface area contributed by atoms with Crippen molar-refractivity contribution >= 4 is 15.9 Å². The highest BCUT2D eigenvalue weighted by Gasteiger charge is 2.12. The van der Waals surface area contributed by atoms with Crippen LogP contribution in [0.3, 0.4) is 0 Å². The number of H-pyrrole nitrogens is 1. The van der Waals surface area contributed by atoms with Crippen LogP contribution in [0.2, 0.25) is 0 Å². The van der Waals surface area contributed by atoms with E-state index in [9.17, 15) is 10.1 Å². The number of pyridine rings is 1. The average Bonchev–Trinajstić information content (AvgIpc) is 2.45. The molecule has 1 N–H and O–H groups in total. The Kier molecular flexibility index (Phi) is 4.81. The van der Waals surface area contributed by atoms with Gasteiger partial charge in [0, 0.05) is 11.3 Å². The second-order valence-corrected chi connectivity index (χ2v) is 5.53. The summed E-state index contributed by atoms with van der Waals surface area (Å²) >= 11 is 3.46. The van der Waals surface area contributed by atoms with E-state index in [1.807, 2.05) is 31.2 Å². The molecule has 108 valence electrons. The van der Waals surface area contributed by atoms with E-state index >= 15 is 0 Å². The number of hydrogen-bond acceptors (Lipinski definition) is 3. The van der Waals surface area contributed by atoms with E-state index in [-0.39, 0.29) is 11.1 Å². The summed E-state index contributed by atoms with van der Waals surface area (Å²) < 4.78 is 6.40. The molecule has 0 unspecified atom stereocenters. The lowest BCUT2D eigenvalue weighted by Crippen LogP contribution is -2.12. The number of nitrogens with zero attached hydrogens (tertiary/aromatic N) is 1. The highest BCUT2D eigenvalue weighted by molar-refractivity contribution is 9.10. The van der Waals surface area contributed by atoms with Gasteiger partial charge in [0.1, 0.15) is 17.4 Å². The fourth-order valence-corrected chi connectivity index (χ4v) is 2.52. The summed E-state index contributed by atoms with van der Waals surface area (Å²) in [6.07, 6.45) is 0.931. The molecule has 0 aliphatic carbocycles. The lowest BCUT2D eigenvalue weighted by molar-refractivity contribution is 0.315. The van der Waals surface area contributed by atoms with Crippen LogP contribution in [-0.4, -0.2) is 11.6 Å². The van der Waals surface area contributed by atoms with Crippen LogP contribution in [0.15, 0.2) is 33.5 Å². The quantitative estimate of drug-likeness (QED) is 0.916. The fraction of sp³-hybridized carbons (Fsp3) is 0.250. The van der Waals surface area contributed by atoms with Gasteiger partial charge >= 0.3 is 0 Å². The summed E-state index contributed by atoms with van der Waals surface area (Å²) in [5.41, 5.74) is 1.90. The Morgan fingerprint density at radius 2 is 2.14 bits per heavy atom. The number of halogens is 1. The zero-order valence-electron chi connectivity index (χ0n) is 11.9. The molecule has 0 saturated heterocycles. The summed E-state index contributed by atoms with van der Waals surface area (Å²) in [6, 6.07) is 9.32. The number of hydrogen-bond donors (Lipinski definition) is 1. The van der Waals surface area contributed by atoms with Crippen molar-refractivity contribution in [3.63, 3.8) is 0 Å². The van der Waals surface area contributed by atoms with Gasteiger partial charge in [-0.1, -0.05) is 13.0 Å². The number of ether oxygens (including phenoxy) is 1. The first kappa shape index (κ1) is 15.3. The van der Waals surface area contributed by atoms with Crippen molar-refractivity contribution < 1.29 is 4.74 Å². The summed E-state index contributed by atoms with van der Waals surface area (Å²) in [5, 5.41) is 9.19. The smallest absolute Gasteiger partial charge is 0.266 e. The number of aromatic nitrogens is 1. The third-order valence-corrected chi connectivity index (χ3v) is 3.60. The molecule has 5 heteroatoms. The maximum Gasteiger partial charge on any atom is 0.266 e. The van der Waals surface area contributed by atoms with Crippen molar-refractivity contribution in [1.82, 2.24) is 4.98 Å². The van der Waals surface area contributed by atoms with Gasteiger partial charge in [-0.3, -0.25) is 4.79 Å². The highest BCUT2D eigenvalue weighted by atomic mass is 79.9. The largest absolute Gasteiger partial charge is 0.492 e. The van der Waals surface area contributed by atoms with Gasteiger partial charge in [0.15, 0.2) is 0 Å². The predicted octanol–water partition coefficient (Wildman–Crippen LogP) is 3.77. The first-order valence-electron chi connectivity index (χ1n) is 6.63. The van der Waals surface area contributed by atoms with Crippen molar-refractivity contribution in [2.75, 3.05) is 6.61 Å². The molecule has 0 aliphatic heterocycles. The van der Waals surface area contributed by atoms with E-state index < -0.39 is 0 Å². The number of rotatable bonds is 4. The Labute approximate surface area is 131 Å². The summed E-state index contributed by atoms with van der Waals surface area (Å²) in [6.45, 7) is 4.48. The third kappa shape index (κ3) is 3.34. The van der Waals surface area contributed by atoms with Gasteiger partial charge in [-0.25, -0.2) is 0 Å². The molecule has 0 aliphatic rings. The maximum absolute atomic E-state index is 11.8. The van der Waals surface area contributed by atoms with Gasteiger partial charge in [0.2, 0.25) is 0 Å². The van der Waals surface area contributed by atoms with E-state index in [4.69, 9.17) is 4.74 Å². The van der Waals surface area contributed by atoms with Crippen LogP contribution < -0.4 is 10.3 Å². The SMILES string of the molecule is CCCOc1ccc(-c2cc(C)[nH]c(=O)c2C#N)cc1Br. The van der Waals surface area contributed by atoms with Gasteiger partial charge < -0.3 is 9.72 Å². The Balaban J connectivity index is 2.51. The van der Waals surface area contributed by atoms with E-state index in [1.165, 1.54) is 0 Å². The topological polar surface area (TPSA) is 65.9 Å². The minimum absolute atomic E-state index is 0.120. The van der Waals surface area contributed by atoms with Crippen molar-refractivity contribution in [2.24, 2.45) is 0 Å². The molecule has 1 heterocycles. The molecule has 0 radical (unpaired) electrons. The van der Waals surface area contributed by atoms with E-state index in [2.05, 4.69) is 20.9 Å². The summed E-state index contributed by atoms with van der Waals surface area (Å²) in [7, 11) is 0. The van der Waals surface area contributed by atoms with Crippen LogP contribution >= 0.6 is 15.9 Å². The fourth-order valence-electron chi connectivity index (χ4n) is 2.02. The predicted molar refractivity (Wildman–Crippen MR) is 85.4 cm³/mol. The number of aryl methyl sites for hydroxylation is 1. The van der Waals surface area contributed by atoms with Crippen LogP contribution in [0, 0.1) is 18.3 Å². The Hall–Kier alpha value is -2.06. The average molecular weight is 347 g/mol. The van der Waals surface area contributed by atoms with E-state index in [0.717, 1.165) is 27.9 Å². The van der Waals surface area contributed by atoms with Gasteiger partial charge in [0.25, 0.3) is 5.56 Å². The molecular weight excluding hydrogens is 332 g/mol. The Morgan fingerprint density at radius 3 is 2.76 bits per heavy atom. The van der Waals surface area contributed by atoms with Crippen molar-refractivity contribution in [3.8, 4) is 22.9 Å². The van der Waals surface area contributed by atoms with Crippen molar-refractivity contribution in [3.05, 3.63) is 50.3 Å². The van der Waals surface area contributed by atoms with Gasteiger partial charge in [0.05, 0.1) is 11.1 Å². The van der Waals surface area contributed by atoms with Crippen molar-refractivity contribution in [2.45, 2.75) is 20.3 Å². The lowest BCUT2D eigenvalue weighted by Gasteiger charge is -2.10. The minimum atomic E-state index is -0.366. The zero-order chi connectivity index (χ0) is 15.4. The van der Waals surface area contributed by atoms with E-state index in [0.29, 0.717) is 12.2 Å². The lowest BCUT2D eigenvalue weighted by atomic mass is 10.0. The molecule has 0 bridgehead atoms. The second-order valence-electron chi connectivity index (χ2n) is 4.68. The normalized spacial score (nSPS) is 10.2. The summed E-state index contributed by atoms with van der Waals surface area (Å²) in [4.78, 5) is 14.5. The van der Waals surface area contributed by atoms with Crippen LogP contribution in [0.1, 0.15) is 24.6 Å². The van der Waals surface area contributed by atoms with Crippen LogP contribution in [0.4, 0.5) is 0 Å². The minimum Gasteiger partial charge on any atom is -0.492 e. The van der Waals surface area contributed by atoms with E-state index in [1.54, 1.807) is 13.0 Å². The second kappa shape index (κ2) is 6.59. The monoisotopic (exact) mass is 346 g/mol. The molecule has 0 atom stereocenters. The zero-order valence-corrected chi connectivity index (χ0v) is 13.5. The molecule has 0 saturated carbocycles. The van der Waals surface area contributed by atoms with Gasteiger partial charge in [-0.2, -0.15) is 5.26 Å². The third-order valence-electron chi connectivity index (χ3n) is 2.98. The van der Waals surface area contributed by atoms with Gasteiger partial charge in [-0.15, -0.1) is 0 Å². The number of nitrogens with one attached hydrogen (secondary N) is 1. The maximum atomic E-state index is 11.8. The molecule has 1 aromatic carbocycles. The molecule has 1 aromatic heterocycles. The Bertz CT molecular complexity index is 760. The highest BCUT2D eigenvalue weighted by Crippen LogP contribution is 2.31. The van der Waals surface area contributed by atoms with Crippen LogP contribution in [-0.2, 0) is 0 Å². The molecule has 4 nitrogen and oxygen atoms in total. The van der Waals surface area contributed by atoms with Crippen LogP contribution in [0.5, 0.6) is 5.75 Å². The standard InChI is InChI=1S/C16H15BrN2O2/c1-3-6-21-15-5-4-11(8-14(15)17)12-7-10(2)19-16(20)13(12)9-18/h4-5,7-8H,3,6H2,1-2H3,(H,19,20). The first-order valence-corrected chi connectivity index (χ1v) is 7.43. The first-order chi connectivity index (χ1) is 10.1. The Morgan fingerprint density at radius 1 is 1.38 bits per heavy atom. The van der Waals surface area contributed by atoms with Gasteiger partial charge in [-0.05, 0) is 53.0 Å². The summed E-state index contributed by atoms with van der Waals surface area (Å²) in [5.74, 6) is 0.751. The number of aromatic amines is 1. The molecular formula is C16H15BrN2O2. The van der Waals surface area contributed by atoms with Crippen LogP contribution in [0.25, 0.3) is 11.1 Å². The van der Waals surface area contributed by atoms with Crippen molar-refractivity contribution in [1.29, 1.82) is 5.26 Å². The molecule has 0 amide bonds. The molecule has 2 aromatic rings. The molecule has 21 heavy (non-hydrogen) atoms. The number of nitriles is 1. The molecule has 0 spiro atoms. The molecule has 0 fully saturated rings.